The molecular formula is C18H18N2O3. The zero-order valence-electron chi connectivity index (χ0n) is 13.3. The Morgan fingerprint density at radius 3 is 2.52 bits per heavy atom. The molecule has 0 saturated carbocycles. The first kappa shape index (κ1) is 15.1. The fourth-order valence-electron chi connectivity index (χ4n) is 2.68. The number of fused-ring (bicyclic) bond motifs is 1. The first-order chi connectivity index (χ1) is 10.8. The number of nitrogens with one attached hydrogen (secondary N) is 1. The number of hydrogen-bond donors (Lipinski definition) is 2. The van der Waals surface area contributed by atoms with E-state index in [1.807, 2.05) is 13.0 Å². The van der Waals surface area contributed by atoms with Gasteiger partial charge in [0.2, 0.25) is 5.88 Å². The van der Waals surface area contributed by atoms with Crippen molar-refractivity contribution in [1.29, 1.82) is 0 Å². The van der Waals surface area contributed by atoms with Crippen LogP contribution < -0.4 is 10.1 Å². The van der Waals surface area contributed by atoms with Crippen molar-refractivity contribution < 1.29 is 14.6 Å². The van der Waals surface area contributed by atoms with Gasteiger partial charge in [0.25, 0.3) is 0 Å². The Labute approximate surface area is 134 Å². The fourth-order valence-corrected chi connectivity index (χ4v) is 2.68. The molecule has 0 fully saturated rings. The zero-order chi connectivity index (χ0) is 16.6. The highest BCUT2D eigenvalue weighted by Gasteiger charge is 2.23. The van der Waals surface area contributed by atoms with Gasteiger partial charge in [0.15, 0.2) is 0 Å². The van der Waals surface area contributed by atoms with Crippen LogP contribution >= 0.6 is 0 Å². The van der Waals surface area contributed by atoms with Gasteiger partial charge in [-0.15, -0.1) is 0 Å². The van der Waals surface area contributed by atoms with Gasteiger partial charge in [-0.2, -0.15) is 0 Å². The zero-order valence-corrected chi connectivity index (χ0v) is 13.3. The largest absolute Gasteiger partial charge is 0.478 e. The molecular weight excluding hydrogens is 292 g/mol. The topological polar surface area (TPSA) is 71.5 Å². The number of carbonyl (C=O) groups is 1. The van der Waals surface area contributed by atoms with Crippen LogP contribution in [0.4, 0.5) is 5.69 Å². The van der Waals surface area contributed by atoms with Crippen LogP contribution in [-0.4, -0.2) is 21.6 Å². The normalized spacial score (nSPS) is 15.2. The van der Waals surface area contributed by atoms with Gasteiger partial charge in [0, 0.05) is 6.07 Å². The van der Waals surface area contributed by atoms with Crippen LogP contribution in [0.15, 0.2) is 42.5 Å². The summed E-state index contributed by atoms with van der Waals surface area (Å²) in [6.07, 6.45) is 2.13. The molecule has 2 N–H and O–H groups in total. The van der Waals surface area contributed by atoms with Gasteiger partial charge < -0.3 is 15.2 Å². The summed E-state index contributed by atoms with van der Waals surface area (Å²) in [5.41, 5.74) is 3.05. The second-order valence-corrected chi connectivity index (χ2v) is 6.15. The Morgan fingerprint density at radius 1 is 1.17 bits per heavy atom. The number of anilines is 1. The Bertz CT molecular complexity index is 792. The molecule has 1 aliphatic rings. The number of aromatic carboxylic acids is 1. The highest BCUT2D eigenvalue weighted by atomic mass is 16.5. The molecule has 0 amide bonds. The predicted molar refractivity (Wildman–Crippen MR) is 89.1 cm³/mol. The molecule has 5 nitrogen and oxygen atoms in total. The maximum Gasteiger partial charge on any atom is 0.335 e. The van der Waals surface area contributed by atoms with Crippen LogP contribution in [-0.2, 0) is 0 Å². The van der Waals surface area contributed by atoms with Crippen molar-refractivity contribution in [3.63, 3.8) is 0 Å². The third kappa shape index (κ3) is 3.18. The molecule has 0 spiro atoms. The van der Waals surface area contributed by atoms with E-state index in [9.17, 15) is 4.79 Å². The summed E-state index contributed by atoms with van der Waals surface area (Å²) in [4.78, 5) is 15.4. The second kappa shape index (κ2) is 5.43. The highest BCUT2D eigenvalue weighted by molar-refractivity contribution is 5.87. The van der Waals surface area contributed by atoms with Gasteiger partial charge >= 0.3 is 5.97 Å². The summed E-state index contributed by atoms with van der Waals surface area (Å²) in [5, 5.41) is 12.3. The molecule has 118 valence electrons. The standard InChI is InChI=1S/C18H18N2O3/c1-11-10-18(2,3)20-14-8-9-15(19-16(11)14)23-13-6-4-12(5-7-13)17(21)22/h4-10,20H,1-3H3,(H,21,22). The Hall–Kier alpha value is -2.82. The van der Waals surface area contributed by atoms with Crippen molar-refractivity contribution in [2.75, 3.05) is 5.32 Å². The van der Waals surface area contributed by atoms with Gasteiger partial charge in [-0.25, -0.2) is 9.78 Å². The molecule has 1 aromatic heterocycles. The molecule has 0 unspecified atom stereocenters. The summed E-state index contributed by atoms with van der Waals surface area (Å²) in [7, 11) is 0. The van der Waals surface area contributed by atoms with Crippen LogP contribution in [0.1, 0.15) is 36.8 Å². The first-order valence-corrected chi connectivity index (χ1v) is 7.34. The summed E-state index contributed by atoms with van der Waals surface area (Å²) in [6, 6.07) is 9.99. The number of nitrogens with zero attached hydrogens (tertiary/aromatic N) is 1. The minimum absolute atomic E-state index is 0.103. The van der Waals surface area contributed by atoms with Gasteiger partial charge in [0.1, 0.15) is 5.75 Å². The Balaban J connectivity index is 1.85. The minimum Gasteiger partial charge on any atom is -0.478 e. The van der Waals surface area contributed by atoms with Crippen molar-refractivity contribution in [3.05, 3.63) is 53.7 Å². The lowest BCUT2D eigenvalue weighted by Gasteiger charge is -2.30. The molecule has 0 atom stereocenters. The molecule has 1 aromatic carbocycles. The highest BCUT2D eigenvalue weighted by Crippen LogP contribution is 2.34. The lowest BCUT2D eigenvalue weighted by Crippen LogP contribution is -2.31. The Kier molecular flexibility index (Phi) is 3.56. The molecule has 1 aliphatic heterocycles. The van der Waals surface area contributed by atoms with Crippen LogP contribution in [0.25, 0.3) is 5.57 Å². The third-order valence-corrected chi connectivity index (χ3v) is 3.60. The van der Waals surface area contributed by atoms with Crippen molar-refractivity contribution in [3.8, 4) is 11.6 Å². The monoisotopic (exact) mass is 310 g/mol. The average molecular weight is 310 g/mol. The van der Waals surface area contributed by atoms with Crippen LogP contribution in [0.2, 0.25) is 0 Å². The van der Waals surface area contributed by atoms with E-state index in [-0.39, 0.29) is 11.1 Å². The van der Waals surface area contributed by atoms with E-state index in [1.54, 1.807) is 18.2 Å². The summed E-state index contributed by atoms with van der Waals surface area (Å²) >= 11 is 0. The van der Waals surface area contributed by atoms with Crippen LogP contribution in [0, 0.1) is 0 Å². The van der Waals surface area contributed by atoms with E-state index in [1.165, 1.54) is 12.1 Å². The van der Waals surface area contributed by atoms with Gasteiger partial charge in [-0.1, -0.05) is 6.08 Å². The molecule has 0 bridgehead atoms. The number of carboxylic acids is 1. The molecule has 3 rings (SSSR count). The van der Waals surface area contributed by atoms with Crippen LogP contribution in [0.5, 0.6) is 11.6 Å². The number of carboxylic acid groups (broad SMARTS) is 1. The molecule has 23 heavy (non-hydrogen) atoms. The SMILES string of the molecule is CC1=CC(C)(C)Nc2ccc(Oc3ccc(C(=O)O)cc3)nc21. The summed E-state index contributed by atoms with van der Waals surface area (Å²) < 4.78 is 5.72. The van der Waals surface area contributed by atoms with Gasteiger partial charge in [-0.3, -0.25) is 0 Å². The predicted octanol–water partition coefficient (Wildman–Crippen LogP) is 4.18. The second-order valence-electron chi connectivity index (χ2n) is 6.15. The van der Waals surface area contributed by atoms with Crippen molar-refractivity contribution in [2.45, 2.75) is 26.3 Å². The number of aromatic nitrogens is 1. The number of hydrogen-bond acceptors (Lipinski definition) is 4. The number of pyridine rings is 1. The van der Waals surface area contributed by atoms with E-state index < -0.39 is 5.97 Å². The lowest BCUT2D eigenvalue weighted by molar-refractivity contribution is 0.0697. The Morgan fingerprint density at radius 2 is 1.87 bits per heavy atom. The maximum atomic E-state index is 10.9. The van der Waals surface area contributed by atoms with Crippen molar-refractivity contribution in [2.24, 2.45) is 0 Å². The van der Waals surface area contributed by atoms with Gasteiger partial charge in [0.05, 0.1) is 22.5 Å². The van der Waals surface area contributed by atoms with E-state index in [0.29, 0.717) is 11.6 Å². The van der Waals surface area contributed by atoms with E-state index in [2.05, 4.69) is 30.2 Å². The number of rotatable bonds is 3. The van der Waals surface area contributed by atoms with Crippen LogP contribution in [0.3, 0.4) is 0 Å². The number of allylic oxidation sites excluding steroid dienone is 1. The van der Waals surface area contributed by atoms with Crippen molar-refractivity contribution >= 4 is 17.2 Å². The summed E-state index contributed by atoms with van der Waals surface area (Å²) in [5.74, 6) is 0.0622. The molecule has 0 aliphatic carbocycles. The maximum absolute atomic E-state index is 10.9. The third-order valence-electron chi connectivity index (χ3n) is 3.60. The molecule has 2 aromatic rings. The lowest BCUT2D eigenvalue weighted by atomic mass is 9.94. The molecule has 0 radical (unpaired) electrons. The minimum atomic E-state index is -0.960. The number of benzene rings is 1. The van der Waals surface area contributed by atoms with E-state index in [0.717, 1.165) is 17.0 Å². The average Bonchev–Trinajstić information content (AvgIpc) is 2.47. The quantitative estimate of drug-likeness (QED) is 0.890. The van der Waals surface area contributed by atoms with Crippen molar-refractivity contribution in [1.82, 2.24) is 4.98 Å². The van der Waals surface area contributed by atoms with Gasteiger partial charge in [-0.05, 0) is 56.7 Å². The molecule has 2 heterocycles. The molecule has 0 saturated heterocycles. The first-order valence-electron chi connectivity index (χ1n) is 7.34. The molecule has 5 heteroatoms. The summed E-state index contributed by atoms with van der Waals surface area (Å²) in [6.45, 7) is 6.24. The smallest absolute Gasteiger partial charge is 0.335 e. The van der Waals surface area contributed by atoms with E-state index in [4.69, 9.17) is 9.84 Å². The van der Waals surface area contributed by atoms with E-state index >= 15 is 0 Å². The number of ether oxygens (including phenoxy) is 1. The fraction of sp³-hybridized carbons (Fsp3) is 0.222.